The van der Waals surface area contributed by atoms with Gasteiger partial charge in [-0.1, -0.05) is 36.4 Å². The molecule has 1 unspecified atom stereocenters. The molecule has 2 amide bonds. The Kier molecular flexibility index (Phi) is 9.53. The number of esters is 1. The first-order valence-electron chi connectivity index (χ1n) is 13.8. The molecule has 9 nitrogen and oxygen atoms in total. The van der Waals surface area contributed by atoms with Crippen molar-refractivity contribution in [2.24, 2.45) is 0 Å². The van der Waals surface area contributed by atoms with Crippen molar-refractivity contribution in [2.45, 2.75) is 37.0 Å². The molecule has 0 radical (unpaired) electrons. The van der Waals surface area contributed by atoms with Crippen molar-refractivity contribution in [3.63, 3.8) is 0 Å². The number of ether oxygens (including phenoxy) is 1. The molecule has 5 rings (SSSR count). The van der Waals surface area contributed by atoms with Gasteiger partial charge in [-0.05, 0) is 73.6 Å². The van der Waals surface area contributed by atoms with Crippen LogP contribution in [0.25, 0.3) is 0 Å². The first-order valence-corrected chi connectivity index (χ1v) is 15.6. The summed E-state index contributed by atoms with van der Waals surface area (Å²) in [5, 5.41) is 17.1. The zero-order chi connectivity index (χ0) is 30.3. The molecule has 2 N–H and O–H groups in total. The van der Waals surface area contributed by atoms with Gasteiger partial charge in [-0.15, -0.1) is 23.1 Å². The minimum Gasteiger partial charge on any atom is -0.462 e. The number of thiophene rings is 1. The molecule has 3 aromatic carbocycles. The number of carbonyl (C=O) groups is 3. The number of nitro benzene ring substituents is 1. The van der Waals surface area contributed by atoms with E-state index in [0.29, 0.717) is 22.2 Å². The van der Waals surface area contributed by atoms with Crippen molar-refractivity contribution in [3.05, 3.63) is 116 Å². The molecule has 1 aliphatic rings. The van der Waals surface area contributed by atoms with Gasteiger partial charge in [-0.25, -0.2) is 4.79 Å². The van der Waals surface area contributed by atoms with Gasteiger partial charge in [0.2, 0.25) is 5.91 Å². The Morgan fingerprint density at radius 3 is 2.51 bits per heavy atom. The zero-order valence-corrected chi connectivity index (χ0v) is 25.0. The number of carbonyl (C=O) groups excluding carboxylic acids is 3. The number of amides is 2. The smallest absolute Gasteiger partial charge is 0.341 e. The van der Waals surface area contributed by atoms with E-state index in [9.17, 15) is 24.5 Å². The molecule has 0 bridgehead atoms. The lowest BCUT2D eigenvalue weighted by molar-refractivity contribution is -0.384. The lowest BCUT2D eigenvalue weighted by Gasteiger charge is -2.23. The second-order valence-electron chi connectivity index (χ2n) is 9.90. The summed E-state index contributed by atoms with van der Waals surface area (Å²) < 4.78 is 5.36. The van der Waals surface area contributed by atoms with Crippen molar-refractivity contribution < 1.29 is 24.0 Å². The third-order valence-corrected chi connectivity index (χ3v) is 9.23. The summed E-state index contributed by atoms with van der Waals surface area (Å²) in [5.74, 6) is -0.629. The van der Waals surface area contributed by atoms with Gasteiger partial charge >= 0.3 is 5.97 Å². The molecule has 0 fully saturated rings. The number of nitrogens with one attached hydrogen (secondary N) is 2. The SMILES string of the molecule is CCOC(=O)c1c(NC(=O)CSc2cccc(NC(=O)c3ccc([N+](=O)[O-])cc3)c2)sc2c1CCC(c1ccccc1)C2. The average Bonchev–Trinajstić information content (AvgIpc) is 3.37. The molecule has 1 heterocycles. The number of thioether (sulfide) groups is 1. The second kappa shape index (κ2) is 13.7. The van der Waals surface area contributed by atoms with Crippen LogP contribution in [0.2, 0.25) is 0 Å². The fourth-order valence-electron chi connectivity index (χ4n) is 5.02. The minimum absolute atomic E-state index is 0.0945. The number of rotatable bonds is 10. The van der Waals surface area contributed by atoms with Crippen molar-refractivity contribution in [2.75, 3.05) is 23.0 Å². The number of hydrogen-bond donors (Lipinski definition) is 2. The van der Waals surface area contributed by atoms with Crippen LogP contribution in [0.4, 0.5) is 16.4 Å². The van der Waals surface area contributed by atoms with Gasteiger partial charge in [-0.2, -0.15) is 0 Å². The van der Waals surface area contributed by atoms with Crippen LogP contribution in [0, 0.1) is 10.1 Å². The van der Waals surface area contributed by atoms with E-state index >= 15 is 0 Å². The van der Waals surface area contributed by atoms with E-state index in [-0.39, 0.29) is 29.5 Å². The van der Waals surface area contributed by atoms with Crippen LogP contribution < -0.4 is 10.6 Å². The van der Waals surface area contributed by atoms with Crippen molar-refractivity contribution in [3.8, 4) is 0 Å². The minimum atomic E-state index is -0.524. The van der Waals surface area contributed by atoms with Crippen LogP contribution in [0.3, 0.4) is 0 Å². The predicted octanol–water partition coefficient (Wildman–Crippen LogP) is 7.09. The first kappa shape index (κ1) is 30.0. The maximum absolute atomic E-state index is 13.0. The van der Waals surface area contributed by atoms with E-state index in [1.54, 1.807) is 25.1 Å². The Bertz CT molecular complexity index is 1650. The normalized spacial score (nSPS) is 13.9. The van der Waals surface area contributed by atoms with Crippen molar-refractivity contribution in [1.82, 2.24) is 0 Å². The molecule has 0 aliphatic heterocycles. The Morgan fingerprint density at radius 1 is 1.02 bits per heavy atom. The number of non-ortho nitro benzene ring substituents is 1. The molecular formula is C32H29N3O6S2. The van der Waals surface area contributed by atoms with Crippen molar-refractivity contribution >= 4 is 57.3 Å². The molecule has 0 saturated heterocycles. The third-order valence-electron chi connectivity index (χ3n) is 7.07. The molecule has 1 aliphatic carbocycles. The first-order chi connectivity index (χ1) is 20.8. The molecule has 43 heavy (non-hydrogen) atoms. The number of benzene rings is 3. The highest BCUT2D eigenvalue weighted by molar-refractivity contribution is 8.00. The Balaban J connectivity index is 1.24. The number of nitro groups is 1. The lowest BCUT2D eigenvalue weighted by atomic mass is 9.83. The van der Waals surface area contributed by atoms with Gasteiger partial charge < -0.3 is 15.4 Å². The van der Waals surface area contributed by atoms with E-state index in [4.69, 9.17) is 4.74 Å². The van der Waals surface area contributed by atoms with Crippen LogP contribution in [-0.2, 0) is 22.4 Å². The van der Waals surface area contributed by atoms with Crippen molar-refractivity contribution in [1.29, 1.82) is 0 Å². The molecule has 0 spiro atoms. The summed E-state index contributed by atoms with van der Waals surface area (Å²) in [6.45, 7) is 2.01. The van der Waals surface area contributed by atoms with Crippen LogP contribution in [0.1, 0.15) is 56.0 Å². The standard InChI is InChI=1S/C32H29N3O6S2/c1-2-41-32(38)29-26-16-13-22(20-7-4-3-5-8-20)17-27(26)43-31(29)34-28(36)19-42-25-10-6-9-23(18-25)33-30(37)21-11-14-24(15-12-21)35(39)40/h3-12,14-15,18,22H,2,13,16-17,19H2,1H3,(H,33,37)(H,34,36). The highest BCUT2D eigenvalue weighted by atomic mass is 32.2. The van der Waals surface area contributed by atoms with Gasteiger partial charge in [0.05, 0.1) is 22.8 Å². The summed E-state index contributed by atoms with van der Waals surface area (Å²) in [6.07, 6.45) is 2.46. The largest absolute Gasteiger partial charge is 0.462 e. The molecule has 1 aromatic heterocycles. The van der Waals surface area contributed by atoms with E-state index in [2.05, 4.69) is 22.8 Å². The number of anilines is 2. The Morgan fingerprint density at radius 2 is 1.79 bits per heavy atom. The highest BCUT2D eigenvalue weighted by Gasteiger charge is 2.31. The van der Waals surface area contributed by atoms with E-state index in [1.807, 2.05) is 24.3 Å². The summed E-state index contributed by atoms with van der Waals surface area (Å²) >= 11 is 2.74. The highest BCUT2D eigenvalue weighted by Crippen LogP contribution is 2.43. The van der Waals surface area contributed by atoms with Gasteiger partial charge in [-0.3, -0.25) is 19.7 Å². The third kappa shape index (κ3) is 7.30. The molecule has 1 atom stereocenters. The average molecular weight is 616 g/mol. The lowest BCUT2D eigenvalue weighted by Crippen LogP contribution is -2.18. The van der Waals surface area contributed by atoms with Gasteiger partial charge in [0.15, 0.2) is 0 Å². The second-order valence-corrected chi connectivity index (χ2v) is 12.1. The van der Waals surface area contributed by atoms with Crippen LogP contribution >= 0.6 is 23.1 Å². The summed E-state index contributed by atoms with van der Waals surface area (Å²) in [5.41, 5.74) is 3.42. The topological polar surface area (TPSA) is 128 Å². The Labute approximate surface area is 256 Å². The quantitative estimate of drug-likeness (QED) is 0.0844. The Hall–Kier alpha value is -4.48. The van der Waals surface area contributed by atoms with Gasteiger partial charge in [0.25, 0.3) is 11.6 Å². The fourth-order valence-corrected chi connectivity index (χ4v) is 7.10. The monoisotopic (exact) mass is 615 g/mol. The molecule has 0 saturated carbocycles. The predicted molar refractivity (Wildman–Crippen MR) is 168 cm³/mol. The summed E-state index contributed by atoms with van der Waals surface area (Å²) in [4.78, 5) is 50.8. The molecule has 220 valence electrons. The van der Waals surface area contributed by atoms with Crippen LogP contribution in [0.15, 0.2) is 83.8 Å². The molecule has 11 heteroatoms. The molecular weight excluding hydrogens is 587 g/mol. The van der Waals surface area contributed by atoms with E-state index in [0.717, 1.165) is 34.6 Å². The van der Waals surface area contributed by atoms with Gasteiger partial charge in [0.1, 0.15) is 5.00 Å². The maximum Gasteiger partial charge on any atom is 0.341 e. The molecule has 4 aromatic rings. The van der Waals surface area contributed by atoms with Crippen LogP contribution in [0.5, 0.6) is 0 Å². The van der Waals surface area contributed by atoms with Gasteiger partial charge in [0, 0.05) is 33.2 Å². The summed E-state index contributed by atoms with van der Waals surface area (Å²) in [7, 11) is 0. The van der Waals surface area contributed by atoms with Crippen LogP contribution in [-0.4, -0.2) is 35.1 Å². The zero-order valence-electron chi connectivity index (χ0n) is 23.3. The number of fused-ring (bicyclic) bond motifs is 1. The fraction of sp³-hybridized carbons (Fsp3) is 0.219. The van der Waals surface area contributed by atoms with E-state index in [1.165, 1.54) is 52.9 Å². The number of nitrogens with zero attached hydrogens (tertiary/aromatic N) is 1. The maximum atomic E-state index is 13.0. The summed E-state index contributed by atoms with van der Waals surface area (Å²) in [6, 6.07) is 22.7. The van der Waals surface area contributed by atoms with E-state index < -0.39 is 16.8 Å². The number of hydrogen-bond acceptors (Lipinski definition) is 8.